The maximum Gasteiger partial charge on any atom is 0.247 e. The molecule has 1 heterocycles. The van der Waals surface area contributed by atoms with Crippen molar-refractivity contribution in [2.75, 3.05) is 18.5 Å². The number of hydrogen-bond donors (Lipinski definition) is 3. The van der Waals surface area contributed by atoms with Crippen LogP contribution in [0.4, 0.5) is 5.69 Å². The number of unbranched alkanes of at least 4 members (excludes halogenated alkanes) is 2. The van der Waals surface area contributed by atoms with Gasteiger partial charge in [0.1, 0.15) is 17.5 Å². The zero-order valence-electron chi connectivity index (χ0n) is 21.3. The third-order valence-electron chi connectivity index (χ3n) is 6.81. The SMILES string of the molecule is CCCCCC(=O)N1Cc2cc(OCCCO)ccc2C[C@H]1C(=O)Nc1cc(C)c(O)c(C)c1C. The van der Waals surface area contributed by atoms with Crippen LogP contribution in [0.15, 0.2) is 24.3 Å². The quantitative estimate of drug-likeness (QED) is 0.341. The van der Waals surface area contributed by atoms with Gasteiger partial charge in [-0.2, -0.15) is 0 Å². The Hall–Kier alpha value is -3.06. The van der Waals surface area contributed by atoms with Crippen molar-refractivity contribution in [3.8, 4) is 11.5 Å². The van der Waals surface area contributed by atoms with Crippen LogP contribution in [0.25, 0.3) is 0 Å². The van der Waals surface area contributed by atoms with E-state index >= 15 is 0 Å². The average molecular weight is 483 g/mol. The van der Waals surface area contributed by atoms with Gasteiger partial charge in [0.15, 0.2) is 0 Å². The van der Waals surface area contributed by atoms with Crippen molar-refractivity contribution in [3.05, 3.63) is 52.1 Å². The Balaban J connectivity index is 1.86. The van der Waals surface area contributed by atoms with E-state index in [0.29, 0.717) is 49.4 Å². The first kappa shape index (κ1) is 26.5. The number of carbonyl (C=O) groups excluding carboxylic acids is 2. The number of aliphatic hydroxyl groups excluding tert-OH is 1. The first-order valence-corrected chi connectivity index (χ1v) is 12.5. The number of hydrogen-bond acceptors (Lipinski definition) is 5. The summed E-state index contributed by atoms with van der Waals surface area (Å²) in [7, 11) is 0. The van der Waals surface area contributed by atoms with Gasteiger partial charge in [-0.1, -0.05) is 25.8 Å². The lowest BCUT2D eigenvalue weighted by Gasteiger charge is -2.36. The fraction of sp³-hybridized carbons (Fsp3) is 0.500. The fourth-order valence-electron chi connectivity index (χ4n) is 4.49. The summed E-state index contributed by atoms with van der Waals surface area (Å²) in [6.07, 6.45) is 4.18. The van der Waals surface area contributed by atoms with Gasteiger partial charge >= 0.3 is 0 Å². The van der Waals surface area contributed by atoms with Gasteiger partial charge < -0.3 is 25.2 Å². The van der Waals surface area contributed by atoms with Crippen LogP contribution in [0.5, 0.6) is 11.5 Å². The minimum atomic E-state index is -0.619. The summed E-state index contributed by atoms with van der Waals surface area (Å²) < 4.78 is 5.72. The summed E-state index contributed by atoms with van der Waals surface area (Å²) >= 11 is 0. The smallest absolute Gasteiger partial charge is 0.247 e. The molecule has 0 saturated carbocycles. The molecule has 0 spiro atoms. The molecule has 0 fully saturated rings. The molecule has 35 heavy (non-hydrogen) atoms. The number of nitrogens with one attached hydrogen (secondary N) is 1. The minimum Gasteiger partial charge on any atom is -0.507 e. The molecular weight excluding hydrogens is 444 g/mol. The Kier molecular flexibility index (Phi) is 9.15. The van der Waals surface area contributed by atoms with Crippen molar-refractivity contribution >= 4 is 17.5 Å². The van der Waals surface area contributed by atoms with E-state index in [4.69, 9.17) is 9.84 Å². The number of fused-ring (bicyclic) bond motifs is 1. The van der Waals surface area contributed by atoms with Gasteiger partial charge in [-0.25, -0.2) is 0 Å². The van der Waals surface area contributed by atoms with Crippen molar-refractivity contribution in [1.29, 1.82) is 0 Å². The normalized spacial score (nSPS) is 15.0. The number of aliphatic hydroxyl groups is 1. The summed E-state index contributed by atoms with van der Waals surface area (Å²) in [6, 6.07) is 6.93. The fourth-order valence-corrected chi connectivity index (χ4v) is 4.49. The highest BCUT2D eigenvalue weighted by molar-refractivity contribution is 5.98. The van der Waals surface area contributed by atoms with Crippen molar-refractivity contribution in [2.45, 2.75) is 78.8 Å². The highest BCUT2D eigenvalue weighted by Crippen LogP contribution is 2.32. The molecule has 3 rings (SSSR count). The van der Waals surface area contributed by atoms with Crippen LogP contribution in [0.1, 0.15) is 66.8 Å². The van der Waals surface area contributed by atoms with Gasteiger partial charge in [-0.05, 0) is 73.2 Å². The number of nitrogens with zero attached hydrogens (tertiary/aromatic N) is 1. The van der Waals surface area contributed by atoms with Crippen LogP contribution >= 0.6 is 0 Å². The maximum absolute atomic E-state index is 13.5. The first-order chi connectivity index (χ1) is 16.8. The van der Waals surface area contributed by atoms with Gasteiger partial charge in [0.05, 0.1) is 6.61 Å². The van der Waals surface area contributed by atoms with Crippen molar-refractivity contribution in [1.82, 2.24) is 4.90 Å². The van der Waals surface area contributed by atoms with Gasteiger partial charge in [-0.15, -0.1) is 0 Å². The van der Waals surface area contributed by atoms with E-state index in [-0.39, 0.29) is 24.2 Å². The molecule has 2 aromatic rings. The number of benzene rings is 2. The third-order valence-corrected chi connectivity index (χ3v) is 6.81. The Morgan fingerprint density at radius 2 is 1.86 bits per heavy atom. The molecule has 0 radical (unpaired) electrons. The van der Waals surface area contributed by atoms with Gasteiger partial charge in [-0.3, -0.25) is 9.59 Å². The average Bonchev–Trinajstić information content (AvgIpc) is 2.85. The summed E-state index contributed by atoms with van der Waals surface area (Å²) in [4.78, 5) is 28.4. The lowest BCUT2D eigenvalue weighted by molar-refractivity contribution is -0.140. The Bertz CT molecular complexity index is 1070. The van der Waals surface area contributed by atoms with Gasteiger partial charge in [0, 0.05) is 38.1 Å². The minimum absolute atomic E-state index is 0.0226. The number of phenolic OH excluding ortho intramolecular Hbond substituents is 1. The van der Waals surface area contributed by atoms with Crippen molar-refractivity contribution < 1.29 is 24.5 Å². The second kappa shape index (κ2) is 12.1. The van der Waals surface area contributed by atoms with E-state index in [0.717, 1.165) is 41.5 Å². The molecule has 2 amide bonds. The Morgan fingerprint density at radius 1 is 1.09 bits per heavy atom. The number of anilines is 1. The Morgan fingerprint density at radius 3 is 2.57 bits per heavy atom. The number of rotatable bonds is 10. The number of carbonyl (C=O) groups is 2. The van der Waals surface area contributed by atoms with E-state index in [1.807, 2.05) is 32.0 Å². The molecule has 1 aliphatic rings. The summed E-state index contributed by atoms with van der Waals surface area (Å²) in [5, 5.41) is 22.2. The predicted molar refractivity (Wildman–Crippen MR) is 137 cm³/mol. The van der Waals surface area contributed by atoms with E-state index in [1.54, 1.807) is 17.9 Å². The maximum atomic E-state index is 13.5. The third kappa shape index (κ3) is 6.34. The van der Waals surface area contributed by atoms with E-state index in [2.05, 4.69) is 12.2 Å². The second-order valence-corrected chi connectivity index (χ2v) is 9.38. The molecule has 0 aromatic heterocycles. The highest BCUT2D eigenvalue weighted by Gasteiger charge is 2.35. The standard InChI is InChI=1S/C28H38N2O5/c1-5-6-7-9-26(32)30-17-22-15-23(35-13-8-12-31)11-10-21(22)16-25(30)28(34)29-24-14-18(2)27(33)20(4)19(24)3/h10-11,14-15,25,31,33H,5-9,12-13,16-17H2,1-4H3,(H,29,34)/t25-/m0/s1. The second-order valence-electron chi connectivity index (χ2n) is 9.38. The number of aromatic hydroxyl groups is 1. The molecule has 190 valence electrons. The van der Waals surface area contributed by atoms with Gasteiger partial charge in [0.25, 0.3) is 0 Å². The zero-order valence-corrected chi connectivity index (χ0v) is 21.3. The number of ether oxygens (including phenoxy) is 1. The van der Waals surface area contributed by atoms with Crippen LogP contribution in [-0.4, -0.2) is 46.2 Å². The topological polar surface area (TPSA) is 99.1 Å². The van der Waals surface area contributed by atoms with Crippen LogP contribution in [0.3, 0.4) is 0 Å². The van der Waals surface area contributed by atoms with Crippen LogP contribution in [0.2, 0.25) is 0 Å². The number of phenols is 1. The lowest BCUT2D eigenvalue weighted by atomic mass is 9.92. The van der Waals surface area contributed by atoms with Crippen LogP contribution in [-0.2, 0) is 22.6 Å². The van der Waals surface area contributed by atoms with E-state index < -0.39 is 6.04 Å². The van der Waals surface area contributed by atoms with E-state index in [1.165, 1.54) is 0 Å². The summed E-state index contributed by atoms with van der Waals surface area (Å²) in [6.45, 7) is 8.44. The lowest BCUT2D eigenvalue weighted by Crippen LogP contribution is -2.50. The van der Waals surface area contributed by atoms with Gasteiger partial charge in [0.2, 0.25) is 11.8 Å². The van der Waals surface area contributed by atoms with Crippen molar-refractivity contribution in [2.24, 2.45) is 0 Å². The predicted octanol–water partition coefficient (Wildman–Crippen LogP) is 4.55. The molecule has 3 N–H and O–H groups in total. The monoisotopic (exact) mass is 482 g/mol. The van der Waals surface area contributed by atoms with E-state index in [9.17, 15) is 14.7 Å². The first-order valence-electron chi connectivity index (χ1n) is 12.5. The summed E-state index contributed by atoms with van der Waals surface area (Å²) in [5.41, 5.74) is 4.89. The largest absolute Gasteiger partial charge is 0.507 e. The molecule has 1 atom stereocenters. The molecule has 0 unspecified atom stereocenters. The van der Waals surface area contributed by atoms with Crippen LogP contribution in [0, 0.1) is 20.8 Å². The number of aryl methyl sites for hydroxylation is 1. The zero-order chi connectivity index (χ0) is 25.5. The molecule has 0 bridgehead atoms. The molecule has 2 aromatic carbocycles. The molecule has 0 saturated heterocycles. The molecule has 0 aliphatic carbocycles. The molecule has 1 aliphatic heterocycles. The summed E-state index contributed by atoms with van der Waals surface area (Å²) in [5.74, 6) is 0.682. The number of amides is 2. The Labute approximate surface area is 208 Å². The van der Waals surface area contributed by atoms with Crippen LogP contribution < -0.4 is 10.1 Å². The van der Waals surface area contributed by atoms with Crippen molar-refractivity contribution in [3.63, 3.8) is 0 Å². The molecular formula is C28H38N2O5. The highest BCUT2D eigenvalue weighted by atomic mass is 16.5. The molecule has 7 heteroatoms. The molecule has 7 nitrogen and oxygen atoms in total.